The molecule has 0 amide bonds. The minimum atomic E-state index is -0.391. The lowest BCUT2D eigenvalue weighted by Gasteiger charge is -2.18. The van der Waals surface area contributed by atoms with Crippen molar-refractivity contribution >= 4 is 5.97 Å². The third kappa shape index (κ3) is 3.56. The van der Waals surface area contributed by atoms with Crippen molar-refractivity contribution in [2.45, 2.75) is 32.8 Å². The number of carbonyl (C=O) groups excluding carboxylic acids is 1. The average molecular weight is 325 g/mol. The quantitative estimate of drug-likeness (QED) is 0.656. The van der Waals surface area contributed by atoms with Gasteiger partial charge in [-0.25, -0.2) is 4.79 Å². The van der Waals surface area contributed by atoms with Gasteiger partial charge in [0.25, 0.3) is 0 Å². The van der Waals surface area contributed by atoms with E-state index in [2.05, 4.69) is 25.9 Å². The van der Waals surface area contributed by atoms with Gasteiger partial charge in [0.1, 0.15) is 12.3 Å². The number of ether oxygens (including phenoxy) is 1. The highest BCUT2D eigenvalue weighted by atomic mass is 16.5. The number of hydrogen-bond donors (Lipinski definition) is 0. The Balaban J connectivity index is 1.61. The molecule has 0 unspecified atom stereocenters. The molecule has 0 aliphatic heterocycles. The molecule has 3 rings (SSSR count). The van der Waals surface area contributed by atoms with Crippen LogP contribution in [0.15, 0.2) is 57.7 Å². The summed E-state index contributed by atoms with van der Waals surface area (Å²) in [5.41, 5.74) is 2.25. The summed E-state index contributed by atoms with van der Waals surface area (Å²) in [7, 11) is 0. The number of furan rings is 1. The maximum atomic E-state index is 12.1. The van der Waals surface area contributed by atoms with Gasteiger partial charge in [0.05, 0.1) is 11.8 Å². The predicted octanol–water partition coefficient (Wildman–Crippen LogP) is 4.59. The van der Waals surface area contributed by atoms with Gasteiger partial charge in [0.15, 0.2) is 5.76 Å². The van der Waals surface area contributed by atoms with Gasteiger partial charge in [-0.05, 0) is 35.2 Å². The molecular formula is C19H19NO4. The molecule has 3 aromatic rings. The number of aromatic nitrogens is 1. The van der Waals surface area contributed by atoms with Crippen molar-refractivity contribution in [3.63, 3.8) is 0 Å². The molecule has 2 aromatic heterocycles. The molecule has 2 heterocycles. The van der Waals surface area contributed by atoms with E-state index in [9.17, 15) is 4.79 Å². The smallest absolute Gasteiger partial charge is 0.338 e. The van der Waals surface area contributed by atoms with Crippen molar-refractivity contribution in [1.82, 2.24) is 5.16 Å². The summed E-state index contributed by atoms with van der Waals surface area (Å²) < 4.78 is 15.7. The van der Waals surface area contributed by atoms with E-state index in [4.69, 9.17) is 13.7 Å². The van der Waals surface area contributed by atoms with Crippen molar-refractivity contribution in [2.75, 3.05) is 0 Å². The van der Waals surface area contributed by atoms with E-state index in [-0.39, 0.29) is 12.0 Å². The Morgan fingerprint density at radius 2 is 1.88 bits per heavy atom. The maximum Gasteiger partial charge on any atom is 0.338 e. The summed E-state index contributed by atoms with van der Waals surface area (Å²) in [4.78, 5) is 12.1. The van der Waals surface area contributed by atoms with Crippen LogP contribution in [0.25, 0.3) is 11.5 Å². The standard InChI is InChI=1S/C19H19NO4/c1-19(2,3)14-8-6-13(7-9-14)18(21)23-12-15-11-17(24-20-15)16-5-4-10-22-16/h4-11H,12H2,1-3H3. The van der Waals surface area contributed by atoms with Crippen LogP contribution in [0.4, 0.5) is 0 Å². The van der Waals surface area contributed by atoms with Gasteiger partial charge in [-0.1, -0.05) is 38.1 Å². The van der Waals surface area contributed by atoms with Crippen molar-refractivity contribution in [3.8, 4) is 11.5 Å². The van der Waals surface area contributed by atoms with E-state index in [1.54, 1.807) is 36.6 Å². The number of rotatable bonds is 4. The normalized spacial score (nSPS) is 11.5. The lowest BCUT2D eigenvalue weighted by Crippen LogP contribution is -2.12. The molecule has 0 N–H and O–H groups in total. The van der Waals surface area contributed by atoms with Gasteiger partial charge < -0.3 is 13.7 Å². The summed E-state index contributed by atoms with van der Waals surface area (Å²) in [5, 5.41) is 3.87. The molecule has 0 radical (unpaired) electrons. The fourth-order valence-electron chi connectivity index (χ4n) is 2.24. The van der Waals surface area contributed by atoms with Gasteiger partial charge in [-0.2, -0.15) is 0 Å². The van der Waals surface area contributed by atoms with Gasteiger partial charge in [-0.15, -0.1) is 0 Å². The van der Waals surface area contributed by atoms with E-state index in [0.29, 0.717) is 22.8 Å². The van der Waals surface area contributed by atoms with E-state index < -0.39 is 5.97 Å². The molecule has 0 fully saturated rings. The molecular weight excluding hydrogens is 306 g/mol. The molecule has 5 heteroatoms. The highest BCUT2D eigenvalue weighted by molar-refractivity contribution is 5.89. The second-order valence-corrected chi connectivity index (χ2v) is 6.56. The molecule has 0 saturated carbocycles. The largest absolute Gasteiger partial charge is 0.461 e. The number of hydrogen-bond acceptors (Lipinski definition) is 5. The Morgan fingerprint density at radius 1 is 1.12 bits per heavy atom. The van der Waals surface area contributed by atoms with E-state index in [1.165, 1.54) is 5.56 Å². The topological polar surface area (TPSA) is 65.5 Å². The minimum absolute atomic E-state index is 0.0457. The summed E-state index contributed by atoms with van der Waals surface area (Å²) in [6.45, 7) is 6.43. The monoisotopic (exact) mass is 325 g/mol. The Hall–Kier alpha value is -2.82. The highest BCUT2D eigenvalue weighted by Gasteiger charge is 2.15. The Labute approximate surface area is 140 Å². The van der Waals surface area contributed by atoms with Gasteiger partial charge >= 0.3 is 5.97 Å². The molecule has 24 heavy (non-hydrogen) atoms. The fourth-order valence-corrected chi connectivity index (χ4v) is 2.24. The second-order valence-electron chi connectivity index (χ2n) is 6.56. The molecule has 5 nitrogen and oxygen atoms in total. The minimum Gasteiger partial charge on any atom is -0.461 e. The number of benzene rings is 1. The molecule has 0 aliphatic rings. The van der Waals surface area contributed by atoms with Crippen molar-refractivity contribution in [2.24, 2.45) is 0 Å². The third-order valence-corrected chi connectivity index (χ3v) is 3.66. The summed E-state index contributed by atoms with van der Waals surface area (Å²) in [6.07, 6.45) is 1.55. The van der Waals surface area contributed by atoms with Gasteiger partial charge in [-0.3, -0.25) is 0 Å². The first-order valence-electron chi connectivity index (χ1n) is 7.70. The van der Waals surface area contributed by atoms with Crippen LogP contribution < -0.4 is 0 Å². The van der Waals surface area contributed by atoms with Crippen molar-refractivity contribution < 1.29 is 18.5 Å². The summed E-state index contributed by atoms with van der Waals surface area (Å²) in [5.74, 6) is 0.691. The Kier molecular flexibility index (Phi) is 4.25. The molecule has 0 spiro atoms. The van der Waals surface area contributed by atoms with E-state index in [0.717, 1.165) is 0 Å². The van der Waals surface area contributed by atoms with Crippen LogP contribution in [0.3, 0.4) is 0 Å². The van der Waals surface area contributed by atoms with Crippen molar-refractivity contribution in [1.29, 1.82) is 0 Å². The van der Waals surface area contributed by atoms with E-state index >= 15 is 0 Å². The number of esters is 1. The van der Waals surface area contributed by atoms with Crippen LogP contribution in [0, 0.1) is 0 Å². The predicted molar refractivity (Wildman–Crippen MR) is 88.5 cm³/mol. The first kappa shape index (κ1) is 16.1. The zero-order chi connectivity index (χ0) is 17.2. The van der Waals surface area contributed by atoms with Crippen molar-refractivity contribution in [3.05, 3.63) is 65.5 Å². The Bertz CT molecular complexity index is 808. The van der Waals surface area contributed by atoms with Crippen LogP contribution in [0.2, 0.25) is 0 Å². The molecule has 0 saturated heterocycles. The number of carbonyl (C=O) groups is 1. The highest BCUT2D eigenvalue weighted by Crippen LogP contribution is 2.23. The van der Waals surface area contributed by atoms with Crippen LogP contribution in [-0.4, -0.2) is 11.1 Å². The molecule has 124 valence electrons. The SMILES string of the molecule is CC(C)(C)c1ccc(C(=O)OCc2cc(-c3ccco3)on2)cc1. The first-order valence-corrected chi connectivity index (χ1v) is 7.70. The fraction of sp³-hybridized carbons (Fsp3) is 0.263. The molecule has 0 bridgehead atoms. The molecule has 0 atom stereocenters. The zero-order valence-electron chi connectivity index (χ0n) is 13.9. The van der Waals surface area contributed by atoms with Crippen LogP contribution in [0.1, 0.15) is 42.4 Å². The molecule has 1 aromatic carbocycles. The summed E-state index contributed by atoms with van der Waals surface area (Å²) >= 11 is 0. The average Bonchev–Trinajstić information content (AvgIpc) is 3.23. The lowest BCUT2D eigenvalue weighted by molar-refractivity contribution is 0.0464. The van der Waals surface area contributed by atoms with E-state index in [1.807, 2.05) is 12.1 Å². The zero-order valence-corrected chi connectivity index (χ0v) is 13.9. The van der Waals surface area contributed by atoms with Gasteiger partial charge in [0, 0.05) is 6.07 Å². The first-order chi connectivity index (χ1) is 11.4. The van der Waals surface area contributed by atoms with Crippen LogP contribution in [0.5, 0.6) is 0 Å². The second kappa shape index (κ2) is 6.35. The summed E-state index contributed by atoms with van der Waals surface area (Å²) in [6, 6.07) is 12.7. The van der Waals surface area contributed by atoms with Crippen LogP contribution >= 0.6 is 0 Å². The lowest BCUT2D eigenvalue weighted by atomic mass is 9.87. The maximum absolute atomic E-state index is 12.1. The Morgan fingerprint density at radius 3 is 2.50 bits per heavy atom. The van der Waals surface area contributed by atoms with Gasteiger partial charge in [0.2, 0.25) is 5.76 Å². The number of nitrogens with zero attached hydrogens (tertiary/aromatic N) is 1. The molecule has 0 aliphatic carbocycles. The third-order valence-electron chi connectivity index (χ3n) is 3.66. The van der Waals surface area contributed by atoms with Crippen LogP contribution in [-0.2, 0) is 16.8 Å².